The highest BCUT2D eigenvalue weighted by Crippen LogP contribution is 2.38. The molecule has 0 atom stereocenters. The molecule has 10 heteroatoms. The average molecular weight is 551 g/mol. The Hall–Kier alpha value is -3.13. The number of nitrogens with zero attached hydrogens (tertiary/aromatic N) is 4. The van der Waals surface area contributed by atoms with Crippen LogP contribution in [0.15, 0.2) is 48.7 Å². The first kappa shape index (κ1) is 27.4. The highest BCUT2D eigenvalue weighted by atomic mass is 31.2. The van der Waals surface area contributed by atoms with E-state index in [1.54, 1.807) is 26.6 Å². The van der Waals surface area contributed by atoms with Gasteiger partial charge in [-0.1, -0.05) is 12.1 Å². The summed E-state index contributed by atoms with van der Waals surface area (Å²) in [5, 5.41) is 7.49. The van der Waals surface area contributed by atoms with Crippen molar-refractivity contribution in [1.29, 1.82) is 0 Å². The fourth-order valence-electron chi connectivity index (χ4n) is 5.34. The van der Waals surface area contributed by atoms with Gasteiger partial charge in [0, 0.05) is 61.0 Å². The molecule has 3 aromatic rings. The lowest BCUT2D eigenvalue weighted by Gasteiger charge is -2.40. The molecule has 2 fully saturated rings. The van der Waals surface area contributed by atoms with Crippen molar-refractivity contribution in [3.63, 3.8) is 0 Å². The third-order valence-corrected chi connectivity index (χ3v) is 9.08. The monoisotopic (exact) mass is 550 g/mol. The van der Waals surface area contributed by atoms with Crippen molar-refractivity contribution in [3.8, 4) is 5.75 Å². The smallest absolute Gasteiger partial charge is 0.229 e. The summed E-state index contributed by atoms with van der Waals surface area (Å²) in [6.45, 7) is 11.3. The molecule has 39 heavy (non-hydrogen) atoms. The predicted molar refractivity (Wildman–Crippen MR) is 159 cm³/mol. The summed E-state index contributed by atoms with van der Waals surface area (Å²) in [5.74, 6) is 1.85. The first-order chi connectivity index (χ1) is 18.8. The number of ether oxygens (including phenoxy) is 2. The maximum atomic E-state index is 12.8. The number of aryl methyl sites for hydroxylation is 1. The third kappa shape index (κ3) is 6.55. The van der Waals surface area contributed by atoms with E-state index in [-0.39, 0.29) is 0 Å². The zero-order valence-electron chi connectivity index (χ0n) is 23.3. The average Bonchev–Trinajstić information content (AvgIpc) is 2.95. The normalized spacial score (nSPS) is 17.2. The number of methoxy groups -OCH3 is 1. The van der Waals surface area contributed by atoms with Gasteiger partial charge in [-0.15, -0.1) is 0 Å². The number of benzene rings is 2. The number of rotatable bonds is 8. The number of para-hydroxylation sites is 1. The van der Waals surface area contributed by atoms with Crippen LogP contribution >= 0.6 is 7.14 Å². The van der Waals surface area contributed by atoms with Crippen LogP contribution in [0.4, 0.5) is 28.8 Å². The van der Waals surface area contributed by atoms with Gasteiger partial charge in [0.1, 0.15) is 18.7 Å². The molecule has 1 aromatic heterocycles. The molecule has 0 amide bonds. The number of anilines is 5. The molecular weight excluding hydrogens is 511 g/mol. The molecule has 2 aliphatic rings. The summed E-state index contributed by atoms with van der Waals surface area (Å²) >= 11 is 0. The molecule has 0 bridgehead atoms. The number of nitrogens with one attached hydrogen (secondary N) is 2. The number of hydrogen-bond acceptors (Lipinski definition) is 9. The molecule has 5 rings (SSSR count). The molecule has 0 aliphatic carbocycles. The highest BCUT2D eigenvalue weighted by molar-refractivity contribution is 7.70. The van der Waals surface area contributed by atoms with E-state index in [1.165, 1.54) is 0 Å². The quantitative estimate of drug-likeness (QED) is 0.383. The van der Waals surface area contributed by atoms with Crippen LogP contribution in [-0.2, 0) is 9.30 Å². The van der Waals surface area contributed by atoms with E-state index in [1.807, 2.05) is 37.3 Å². The van der Waals surface area contributed by atoms with Crippen molar-refractivity contribution < 1.29 is 14.0 Å². The molecule has 9 nitrogen and oxygen atoms in total. The Labute approximate surface area is 231 Å². The Balaban J connectivity index is 1.29. The lowest BCUT2D eigenvalue weighted by Crippen LogP contribution is -2.49. The molecule has 208 valence electrons. The zero-order chi connectivity index (χ0) is 27.4. The first-order valence-electron chi connectivity index (χ1n) is 13.6. The summed E-state index contributed by atoms with van der Waals surface area (Å²) in [5.41, 5.74) is 3.63. The van der Waals surface area contributed by atoms with Crippen LogP contribution in [0.1, 0.15) is 18.4 Å². The summed E-state index contributed by atoms with van der Waals surface area (Å²) in [7, 11) is -0.779. The second-order valence-corrected chi connectivity index (χ2v) is 13.8. The highest BCUT2D eigenvalue weighted by Gasteiger charge is 2.26. The largest absolute Gasteiger partial charge is 0.494 e. The first-order valence-corrected chi connectivity index (χ1v) is 16.2. The van der Waals surface area contributed by atoms with Gasteiger partial charge in [-0.3, -0.25) is 4.90 Å². The minimum atomic E-state index is -2.46. The van der Waals surface area contributed by atoms with E-state index < -0.39 is 7.14 Å². The van der Waals surface area contributed by atoms with Gasteiger partial charge < -0.3 is 29.6 Å². The molecule has 2 aromatic carbocycles. The van der Waals surface area contributed by atoms with Gasteiger partial charge >= 0.3 is 0 Å². The molecule has 2 saturated heterocycles. The Morgan fingerprint density at radius 2 is 1.74 bits per heavy atom. The second-order valence-electron chi connectivity index (χ2n) is 10.6. The fraction of sp³-hybridized carbons (Fsp3) is 0.448. The number of piperidine rings is 1. The van der Waals surface area contributed by atoms with Crippen LogP contribution in [0.25, 0.3) is 0 Å². The van der Waals surface area contributed by atoms with Crippen molar-refractivity contribution in [3.05, 3.63) is 54.2 Å². The number of aromatic nitrogens is 2. The lowest BCUT2D eigenvalue weighted by molar-refractivity contribution is 0.0115. The molecular formula is C29H39N6O3P. The van der Waals surface area contributed by atoms with E-state index in [9.17, 15) is 4.57 Å². The third-order valence-electron chi connectivity index (χ3n) is 7.53. The van der Waals surface area contributed by atoms with Gasteiger partial charge in [-0.05, 0) is 57.4 Å². The maximum Gasteiger partial charge on any atom is 0.229 e. The van der Waals surface area contributed by atoms with Gasteiger partial charge in [-0.2, -0.15) is 4.98 Å². The van der Waals surface area contributed by atoms with Gasteiger partial charge in [0.25, 0.3) is 0 Å². The number of hydrogen-bond donors (Lipinski definition) is 2. The van der Waals surface area contributed by atoms with Crippen molar-refractivity contribution >= 4 is 41.3 Å². The van der Waals surface area contributed by atoms with Crippen molar-refractivity contribution in [2.45, 2.75) is 25.8 Å². The summed E-state index contributed by atoms with van der Waals surface area (Å²) < 4.78 is 24.1. The molecule has 0 radical (unpaired) electrons. The van der Waals surface area contributed by atoms with Crippen LogP contribution < -0.4 is 25.6 Å². The lowest BCUT2D eigenvalue weighted by atomic mass is 10.0. The van der Waals surface area contributed by atoms with Gasteiger partial charge in [0.2, 0.25) is 5.95 Å². The Morgan fingerprint density at radius 1 is 1.00 bits per heavy atom. The molecule has 2 aliphatic heterocycles. The van der Waals surface area contributed by atoms with Crippen molar-refractivity contribution in [2.75, 3.05) is 75.4 Å². The SMILES string of the molecule is COc1cc(N2CCC(N3CCOCC3)CC2)ccc1Nc1ncc(C)c(Nc2ccccc2P(C)(C)=O)n1. The Kier molecular flexibility index (Phi) is 8.40. The molecule has 0 unspecified atom stereocenters. The fourth-order valence-corrected chi connectivity index (χ4v) is 6.49. The topological polar surface area (TPSA) is 91.9 Å². The summed E-state index contributed by atoms with van der Waals surface area (Å²) in [6.07, 6.45) is 4.09. The van der Waals surface area contributed by atoms with Gasteiger partial charge in [-0.25, -0.2) is 4.98 Å². The molecule has 0 saturated carbocycles. The van der Waals surface area contributed by atoms with E-state index in [4.69, 9.17) is 14.5 Å². The zero-order valence-corrected chi connectivity index (χ0v) is 24.2. The predicted octanol–water partition coefficient (Wildman–Crippen LogP) is 4.83. The number of morpholine rings is 1. The Morgan fingerprint density at radius 3 is 2.46 bits per heavy atom. The maximum absolute atomic E-state index is 12.8. The van der Waals surface area contributed by atoms with E-state index in [0.29, 0.717) is 17.8 Å². The Bertz CT molecular complexity index is 1330. The minimum Gasteiger partial charge on any atom is -0.494 e. The van der Waals surface area contributed by atoms with Crippen molar-refractivity contribution in [2.24, 2.45) is 0 Å². The molecule has 3 heterocycles. The van der Waals surface area contributed by atoms with E-state index >= 15 is 0 Å². The van der Waals surface area contributed by atoms with Crippen LogP contribution in [0, 0.1) is 6.92 Å². The summed E-state index contributed by atoms with van der Waals surface area (Å²) in [4.78, 5) is 14.2. The van der Waals surface area contributed by atoms with Crippen LogP contribution in [-0.4, -0.2) is 80.7 Å². The van der Waals surface area contributed by atoms with Gasteiger partial charge in [0.05, 0.1) is 31.7 Å². The minimum absolute atomic E-state index is 0.453. The van der Waals surface area contributed by atoms with E-state index in [2.05, 4.69) is 37.6 Å². The molecule has 0 spiro atoms. The second kappa shape index (κ2) is 11.9. The van der Waals surface area contributed by atoms with Gasteiger partial charge in [0.15, 0.2) is 0 Å². The summed E-state index contributed by atoms with van der Waals surface area (Å²) in [6, 6.07) is 14.5. The van der Waals surface area contributed by atoms with Crippen molar-refractivity contribution in [1.82, 2.24) is 14.9 Å². The molecule has 2 N–H and O–H groups in total. The van der Waals surface area contributed by atoms with Crippen LogP contribution in [0.3, 0.4) is 0 Å². The standard InChI is InChI=1S/C29H39N6O3P/c1-21-20-30-29(33-28(21)31-25-7-5-6-8-27(25)39(3,4)36)32-24-10-9-23(19-26(24)37-2)34-13-11-22(12-14-34)35-15-17-38-18-16-35/h5-10,19-20,22H,11-18H2,1-4H3,(H2,30,31,32,33). The van der Waals surface area contributed by atoms with Crippen LogP contribution in [0.2, 0.25) is 0 Å². The van der Waals surface area contributed by atoms with Crippen LogP contribution in [0.5, 0.6) is 5.75 Å². The van der Waals surface area contributed by atoms with E-state index in [0.717, 1.165) is 85.9 Å².